The summed E-state index contributed by atoms with van der Waals surface area (Å²) in [6.45, 7) is 1.47. The molecule has 3 unspecified atom stereocenters. The monoisotopic (exact) mass is 308 g/mol. The average molecular weight is 308 g/mol. The molecule has 6 nitrogen and oxygen atoms in total. The van der Waals surface area contributed by atoms with Crippen LogP contribution in [0.4, 0.5) is 0 Å². The number of esters is 1. The van der Waals surface area contributed by atoms with Crippen LogP contribution in [0, 0.1) is 0 Å². The molecule has 0 aromatic carbocycles. The SMILES string of the molecule is COC(=O)CCCCCCCC1OC1C(C)S(=O)(=O)O. The number of rotatable bonds is 10. The molecule has 1 rings (SSSR count). The van der Waals surface area contributed by atoms with Crippen LogP contribution in [0.3, 0.4) is 0 Å². The van der Waals surface area contributed by atoms with Crippen molar-refractivity contribution in [2.45, 2.75) is 69.3 Å². The Morgan fingerprint density at radius 3 is 2.45 bits per heavy atom. The third-order valence-electron chi connectivity index (χ3n) is 3.65. The van der Waals surface area contributed by atoms with Gasteiger partial charge in [-0.25, -0.2) is 0 Å². The standard InChI is InChI=1S/C13H24O6S/c1-10(20(15,16)17)13-11(19-13)8-6-4-3-5-7-9-12(14)18-2/h10-11,13H,3-9H2,1-2H3,(H,15,16,17). The summed E-state index contributed by atoms with van der Waals surface area (Å²) in [5.74, 6) is -0.168. The molecule has 1 aliphatic rings. The van der Waals surface area contributed by atoms with E-state index < -0.39 is 15.4 Å². The van der Waals surface area contributed by atoms with Gasteiger partial charge in [0.05, 0.1) is 13.2 Å². The molecule has 118 valence electrons. The summed E-state index contributed by atoms with van der Waals surface area (Å²) in [5.41, 5.74) is 0. The topological polar surface area (TPSA) is 93.2 Å². The van der Waals surface area contributed by atoms with Gasteiger partial charge in [-0.2, -0.15) is 8.42 Å². The largest absolute Gasteiger partial charge is 0.469 e. The van der Waals surface area contributed by atoms with Crippen LogP contribution >= 0.6 is 0 Å². The Hall–Kier alpha value is -0.660. The normalized spacial score (nSPS) is 23.4. The zero-order chi connectivity index (χ0) is 15.2. The van der Waals surface area contributed by atoms with E-state index in [4.69, 9.17) is 9.29 Å². The summed E-state index contributed by atoms with van der Waals surface area (Å²) in [5, 5.41) is -0.840. The third kappa shape index (κ3) is 6.19. The minimum absolute atomic E-state index is 0.0398. The lowest BCUT2D eigenvalue weighted by Gasteiger charge is -2.03. The summed E-state index contributed by atoms with van der Waals surface area (Å²) in [4.78, 5) is 10.9. The molecule has 7 heteroatoms. The van der Waals surface area contributed by atoms with E-state index in [1.165, 1.54) is 14.0 Å². The number of ether oxygens (including phenoxy) is 2. The van der Waals surface area contributed by atoms with Crippen LogP contribution in [0.15, 0.2) is 0 Å². The zero-order valence-corrected chi connectivity index (χ0v) is 12.9. The summed E-state index contributed by atoms with van der Waals surface area (Å²) < 4.78 is 40.6. The Morgan fingerprint density at radius 2 is 1.85 bits per heavy atom. The molecule has 1 saturated heterocycles. The first-order valence-corrected chi connectivity index (χ1v) is 8.55. The third-order valence-corrected chi connectivity index (χ3v) is 4.86. The number of carbonyl (C=O) groups excluding carboxylic acids is 1. The quantitative estimate of drug-likeness (QED) is 0.287. The average Bonchev–Trinajstić information content (AvgIpc) is 3.14. The number of unbranched alkanes of at least 4 members (excludes halogenated alkanes) is 4. The second-order valence-electron chi connectivity index (χ2n) is 5.24. The van der Waals surface area contributed by atoms with Gasteiger partial charge < -0.3 is 9.47 Å². The van der Waals surface area contributed by atoms with E-state index in [-0.39, 0.29) is 18.2 Å². The van der Waals surface area contributed by atoms with Gasteiger partial charge in [0.15, 0.2) is 0 Å². The van der Waals surface area contributed by atoms with Crippen molar-refractivity contribution >= 4 is 16.1 Å². The Balaban J connectivity index is 1.98. The lowest BCUT2D eigenvalue weighted by Crippen LogP contribution is -2.24. The fourth-order valence-electron chi connectivity index (χ4n) is 2.22. The number of hydrogen-bond acceptors (Lipinski definition) is 5. The van der Waals surface area contributed by atoms with Crippen molar-refractivity contribution in [1.82, 2.24) is 0 Å². The molecular formula is C13H24O6S. The predicted octanol–water partition coefficient (Wildman–Crippen LogP) is 1.93. The van der Waals surface area contributed by atoms with Crippen molar-refractivity contribution in [3.8, 4) is 0 Å². The number of carbonyl (C=O) groups is 1. The highest BCUT2D eigenvalue weighted by Crippen LogP contribution is 2.32. The fraction of sp³-hybridized carbons (Fsp3) is 0.923. The van der Waals surface area contributed by atoms with E-state index >= 15 is 0 Å². The van der Waals surface area contributed by atoms with E-state index in [1.54, 1.807) is 0 Å². The Bertz CT molecular complexity index is 405. The van der Waals surface area contributed by atoms with Gasteiger partial charge in [-0.3, -0.25) is 9.35 Å². The maximum atomic E-state index is 10.9. The second-order valence-corrected chi connectivity index (χ2v) is 7.02. The molecule has 1 heterocycles. The van der Waals surface area contributed by atoms with E-state index in [9.17, 15) is 13.2 Å². The summed E-state index contributed by atoms with van der Waals surface area (Å²) in [6, 6.07) is 0. The Labute approximate surface area is 120 Å². The lowest BCUT2D eigenvalue weighted by atomic mass is 10.1. The zero-order valence-electron chi connectivity index (χ0n) is 12.1. The van der Waals surface area contributed by atoms with Crippen LogP contribution in [0.25, 0.3) is 0 Å². The molecular weight excluding hydrogens is 284 g/mol. The molecule has 0 amide bonds. The van der Waals surface area contributed by atoms with Crippen molar-refractivity contribution in [3.63, 3.8) is 0 Å². The molecule has 3 atom stereocenters. The number of hydrogen-bond donors (Lipinski definition) is 1. The molecule has 1 fully saturated rings. The molecule has 0 bridgehead atoms. The van der Waals surface area contributed by atoms with Crippen LogP contribution < -0.4 is 0 Å². The van der Waals surface area contributed by atoms with Crippen LogP contribution in [0.5, 0.6) is 0 Å². The first kappa shape index (κ1) is 17.4. The van der Waals surface area contributed by atoms with Gasteiger partial charge in [-0.1, -0.05) is 25.7 Å². The maximum absolute atomic E-state index is 10.9. The fourth-order valence-corrected chi connectivity index (χ4v) is 2.80. The summed E-state index contributed by atoms with van der Waals surface area (Å²) in [7, 11) is -2.60. The Kier molecular flexibility index (Phi) is 6.91. The molecule has 0 aliphatic carbocycles. The van der Waals surface area contributed by atoms with Gasteiger partial charge in [-0.15, -0.1) is 0 Å². The van der Waals surface area contributed by atoms with E-state index in [1.807, 2.05) is 0 Å². The van der Waals surface area contributed by atoms with Gasteiger partial charge in [-0.05, 0) is 19.8 Å². The highest BCUT2D eigenvalue weighted by atomic mass is 32.2. The molecule has 1 N–H and O–H groups in total. The van der Waals surface area contributed by atoms with Crippen LogP contribution in [-0.4, -0.2) is 43.5 Å². The van der Waals surface area contributed by atoms with Gasteiger partial charge in [0.2, 0.25) is 0 Å². The van der Waals surface area contributed by atoms with Crippen molar-refractivity contribution in [1.29, 1.82) is 0 Å². The maximum Gasteiger partial charge on any atom is 0.305 e. The van der Waals surface area contributed by atoms with Gasteiger partial charge in [0.25, 0.3) is 10.1 Å². The lowest BCUT2D eigenvalue weighted by molar-refractivity contribution is -0.140. The van der Waals surface area contributed by atoms with Gasteiger partial charge >= 0.3 is 5.97 Å². The van der Waals surface area contributed by atoms with Crippen LogP contribution in [0.1, 0.15) is 51.9 Å². The van der Waals surface area contributed by atoms with E-state index in [2.05, 4.69) is 4.74 Å². The highest BCUT2D eigenvalue weighted by molar-refractivity contribution is 7.86. The molecule has 20 heavy (non-hydrogen) atoms. The number of methoxy groups -OCH3 is 1. The highest BCUT2D eigenvalue weighted by Gasteiger charge is 2.46. The Morgan fingerprint density at radius 1 is 1.25 bits per heavy atom. The molecule has 1 aliphatic heterocycles. The van der Waals surface area contributed by atoms with Gasteiger partial charge in [0, 0.05) is 6.42 Å². The summed E-state index contributed by atoms with van der Waals surface area (Å²) in [6.07, 6.45) is 5.78. The smallest absolute Gasteiger partial charge is 0.305 e. The molecule has 0 aromatic rings. The first-order valence-electron chi connectivity index (χ1n) is 7.05. The minimum Gasteiger partial charge on any atom is -0.469 e. The summed E-state index contributed by atoms with van der Waals surface area (Å²) >= 11 is 0. The molecule has 0 aromatic heterocycles. The predicted molar refractivity (Wildman–Crippen MR) is 74.0 cm³/mol. The molecule has 0 spiro atoms. The van der Waals surface area contributed by atoms with Crippen LogP contribution in [0.2, 0.25) is 0 Å². The van der Waals surface area contributed by atoms with Crippen LogP contribution in [-0.2, 0) is 24.4 Å². The first-order chi connectivity index (χ1) is 9.36. The van der Waals surface area contributed by atoms with Gasteiger partial charge in [0.1, 0.15) is 11.4 Å². The number of epoxide rings is 1. The second kappa shape index (κ2) is 7.95. The van der Waals surface area contributed by atoms with E-state index in [0.717, 1.165) is 38.5 Å². The van der Waals surface area contributed by atoms with Crippen molar-refractivity contribution in [3.05, 3.63) is 0 Å². The van der Waals surface area contributed by atoms with E-state index in [0.29, 0.717) is 6.42 Å². The molecule has 0 radical (unpaired) electrons. The van der Waals surface area contributed by atoms with Crippen molar-refractivity contribution in [2.75, 3.05) is 7.11 Å². The van der Waals surface area contributed by atoms with Crippen molar-refractivity contribution < 1.29 is 27.2 Å². The minimum atomic E-state index is -3.99. The van der Waals surface area contributed by atoms with Crippen molar-refractivity contribution in [2.24, 2.45) is 0 Å². The molecule has 0 saturated carbocycles.